The van der Waals surface area contributed by atoms with E-state index in [2.05, 4.69) is 0 Å². The van der Waals surface area contributed by atoms with E-state index in [0.717, 1.165) is 0 Å². The van der Waals surface area contributed by atoms with Crippen molar-refractivity contribution < 1.29 is 14.2 Å². The summed E-state index contributed by atoms with van der Waals surface area (Å²) in [5.74, 6) is -0.457. The lowest BCUT2D eigenvalue weighted by molar-refractivity contribution is 0.00483. The Balaban J connectivity index is 2.68. The second-order valence-corrected chi connectivity index (χ2v) is 4.04. The molecule has 2 nitrogen and oxygen atoms in total. The van der Waals surface area contributed by atoms with Crippen molar-refractivity contribution in [3.63, 3.8) is 0 Å². The molecule has 15 heavy (non-hydrogen) atoms. The van der Waals surface area contributed by atoms with Crippen LogP contribution in [0.4, 0.5) is 4.39 Å². The van der Waals surface area contributed by atoms with Gasteiger partial charge in [0.1, 0.15) is 11.9 Å². The van der Waals surface area contributed by atoms with Crippen molar-refractivity contribution >= 4 is 11.6 Å². The summed E-state index contributed by atoms with van der Waals surface area (Å²) < 4.78 is 18.2. The number of rotatable bonds is 4. The minimum absolute atomic E-state index is 0.0312. The lowest BCUT2D eigenvalue weighted by Gasteiger charge is -2.14. The van der Waals surface area contributed by atoms with E-state index in [1.807, 2.05) is 13.8 Å². The van der Waals surface area contributed by atoms with Crippen molar-refractivity contribution in [2.45, 2.75) is 26.1 Å². The highest BCUT2D eigenvalue weighted by Gasteiger charge is 2.10. The van der Waals surface area contributed by atoms with E-state index in [1.165, 1.54) is 18.2 Å². The minimum Gasteiger partial charge on any atom is -0.386 e. The average Bonchev–Trinajstić information content (AvgIpc) is 2.12. The Bertz CT molecular complexity index is 308. The summed E-state index contributed by atoms with van der Waals surface area (Å²) in [5, 5.41) is 9.94. The van der Waals surface area contributed by atoms with Crippen molar-refractivity contribution in [2.24, 2.45) is 0 Å². The summed E-state index contributed by atoms with van der Waals surface area (Å²) in [6.45, 7) is 3.87. The van der Waals surface area contributed by atoms with Crippen LogP contribution < -0.4 is 0 Å². The molecule has 0 saturated heterocycles. The zero-order chi connectivity index (χ0) is 11.4. The Morgan fingerprint density at radius 3 is 2.60 bits per heavy atom. The fourth-order valence-electron chi connectivity index (χ4n) is 1.15. The van der Waals surface area contributed by atoms with Gasteiger partial charge in [-0.05, 0) is 37.6 Å². The molecule has 0 aliphatic heterocycles. The topological polar surface area (TPSA) is 29.5 Å². The zero-order valence-electron chi connectivity index (χ0n) is 8.71. The predicted octanol–water partition coefficient (Wildman–Crippen LogP) is 2.94. The van der Waals surface area contributed by atoms with Crippen LogP contribution >= 0.6 is 11.6 Å². The third-order valence-electron chi connectivity index (χ3n) is 1.86. The van der Waals surface area contributed by atoms with Crippen LogP contribution in [0.25, 0.3) is 0 Å². The molecule has 1 atom stereocenters. The molecule has 1 N–H and O–H groups in total. The van der Waals surface area contributed by atoms with Crippen molar-refractivity contribution in [3.8, 4) is 0 Å². The highest BCUT2D eigenvalue weighted by Crippen LogP contribution is 2.20. The van der Waals surface area contributed by atoms with Gasteiger partial charge in [0.25, 0.3) is 0 Å². The Kier molecular flexibility index (Phi) is 4.51. The van der Waals surface area contributed by atoms with E-state index in [1.54, 1.807) is 0 Å². The molecule has 84 valence electrons. The van der Waals surface area contributed by atoms with Crippen LogP contribution in [-0.4, -0.2) is 17.8 Å². The van der Waals surface area contributed by atoms with E-state index >= 15 is 0 Å². The summed E-state index contributed by atoms with van der Waals surface area (Å²) in [4.78, 5) is 0. The summed E-state index contributed by atoms with van der Waals surface area (Å²) in [6.07, 6.45) is -0.815. The molecule has 0 saturated carbocycles. The second kappa shape index (κ2) is 5.45. The largest absolute Gasteiger partial charge is 0.386 e. The van der Waals surface area contributed by atoms with Crippen LogP contribution in [0.1, 0.15) is 25.5 Å². The zero-order valence-corrected chi connectivity index (χ0v) is 9.46. The van der Waals surface area contributed by atoms with Crippen molar-refractivity contribution in [3.05, 3.63) is 34.6 Å². The van der Waals surface area contributed by atoms with E-state index in [9.17, 15) is 9.50 Å². The fourth-order valence-corrected chi connectivity index (χ4v) is 1.38. The predicted molar refractivity (Wildman–Crippen MR) is 57.5 cm³/mol. The standard InChI is InChI=1S/C11H14ClFO2/c1-7(2)15-6-11(14)8-3-9(12)5-10(13)4-8/h3-5,7,11,14H,6H2,1-2H3. The van der Waals surface area contributed by atoms with Crippen molar-refractivity contribution in [1.82, 2.24) is 0 Å². The minimum atomic E-state index is -0.847. The third kappa shape index (κ3) is 4.16. The maximum Gasteiger partial charge on any atom is 0.125 e. The van der Waals surface area contributed by atoms with E-state index < -0.39 is 11.9 Å². The average molecular weight is 233 g/mol. The molecule has 1 unspecified atom stereocenters. The summed E-state index contributed by atoms with van der Waals surface area (Å²) in [7, 11) is 0. The van der Waals surface area contributed by atoms with E-state index in [4.69, 9.17) is 16.3 Å². The van der Waals surface area contributed by atoms with Crippen LogP contribution in [-0.2, 0) is 4.74 Å². The van der Waals surface area contributed by atoms with Gasteiger partial charge < -0.3 is 9.84 Å². The highest BCUT2D eigenvalue weighted by atomic mass is 35.5. The van der Waals surface area contributed by atoms with Gasteiger partial charge in [0.15, 0.2) is 0 Å². The molecule has 0 bridgehead atoms. The first kappa shape index (κ1) is 12.4. The van der Waals surface area contributed by atoms with Crippen LogP contribution in [0.15, 0.2) is 18.2 Å². The first-order valence-corrected chi connectivity index (χ1v) is 5.12. The van der Waals surface area contributed by atoms with Crippen LogP contribution in [0.2, 0.25) is 5.02 Å². The number of halogens is 2. The Morgan fingerprint density at radius 2 is 2.07 bits per heavy atom. The smallest absolute Gasteiger partial charge is 0.125 e. The summed E-state index contributed by atoms with van der Waals surface area (Å²) in [6, 6.07) is 3.97. The molecule has 0 aliphatic carbocycles. The molecule has 0 spiro atoms. The second-order valence-electron chi connectivity index (χ2n) is 3.60. The Hall–Kier alpha value is -0.640. The molecule has 0 heterocycles. The molecular formula is C11H14ClFO2. The van der Waals surface area contributed by atoms with Crippen LogP contribution in [0.5, 0.6) is 0 Å². The lowest BCUT2D eigenvalue weighted by atomic mass is 10.1. The summed E-state index contributed by atoms with van der Waals surface area (Å²) >= 11 is 5.66. The molecule has 0 aromatic heterocycles. The Labute approximate surface area is 93.6 Å². The number of ether oxygens (including phenoxy) is 1. The number of hydrogen-bond donors (Lipinski definition) is 1. The van der Waals surface area contributed by atoms with E-state index in [-0.39, 0.29) is 17.7 Å². The number of aliphatic hydroxyl groups excluding tert-OH is 1. The van der Waals surface area contributed by atoms with Gasteiger partial charge in [-0.1, -0.05) is 11.6 Å². The molecule has 1 aromatic carbocycles. The first-order chi connectivity index (χ1) is 6.99. The van der Waals surface area contributed by atoms with Crippen molar-refractivity contribution in [2.75, 3.05) is 6.61 Å². The third-order valence-corrected chi connectivity index (χ3v) is 2.08. The maximum atomic E-state index is 13.0. The summed E-state index contributed by atoms with van der Waals surface area (Å²) in [5.41, 5.74) is 0.431. The maximum absolute atomic E-state index is 13.0. The molecule has 0 fully saturated rings. The van der Waals surface area contributed by atoms with Gasteiger partial charge in [0.2, 0.25) is 0 Å². The Morgan fingerprint density at radius 1 is 1.40 bits per heavy atom. The monoisotopic (exact) mass is 232 g/mol. The molecule has 1 rings (SSSR count). The number of hydrogen-bond acceptors (Lipinski definition) is 2. The number of benzene rings is 1. The van der Waals surface area contributed by atoms with Gasteiger partial charge >= 0.3 is 0 Å². The van der Waals surface area contributed by atoms with Crippen LogP contribution in [0.3, 0.4) is 0 Å². The SMILES string of the molecule is CC(C)OCC(O)c1cc(F)cc(Cl)c1. The van der Waals surface area contributed by atoms with Crippen molar-refractivity contribution in [1.29, 1.82) is 0 Å². The van der Waals surface area contributed by atoms with Gasteiger partial charge in [-0.2, -0.15) is 0 Å². The molecule has 1 aromatic rings. The van der Waals surface area contributed by atoms with Crippen LogP contribution in [0, 0.1) is 5.82 Å². The normalized spacial score (nSPS) is 13.2. The van der Waals surface area contributed by atoms with E-state index in [0.29, 0.717) is 5.56 Å². The van der Waals surface area contributed by atoms with Gasteiger partial charge in [-0.15, -0.1) is 0 Å². The highest BCUT2D eigenvalue weighted by molar-refractivity contribution is 6.30. The van der Waals surface area contributed by atoms with Gasteiger partial charge in [-0.3, -0.25) is 0 Å². The number of aliphatic hydroxyl groups is 1. The van der Waals surface area contributed by atoms with Gasteiger partial charge in [0.05, 0.1) is 12.7 Å². The molecule has 0 aliphatic rings. The molecule has 0 radical (unpaired) electrons. The quantitative estimate of drug-likeness (QED) is 0.865. The lowest BCUT2D eigenvalue weighted by Crippen LogP contribution is -2.12. The molecule has 4 heteroatoms. The molecule has 0 amide bonds. The molecular weight excluding hydrogens is 219 g/mol. The van der Waals surface area contributed by atoms with Gasteiger partial charge in [0, 0.05) is 5.02 Å². The fraction of sp³-hybridized carbons (Fsp3) is 0.455. The van der Waals surface area contributed by atoms with Gasteiger partial charge in [-0.25, -0.2) is 4.39 Å². The first-order valence-electron chi connectivity index (χ1n) is 4.74.